The van der Waals surface area contributed by atoms with Gasteiger partial charge in [0.1, 0.15) is 35.4 Å². The first-order valence-electron chi connectivity index (χ1n) is 38.6. The van der Waals surface area contributed by atoms with Gasteiger partial charge in [0.05, 0.1) is 147 Å². The van der Waals surface area contributed by atoms with Crippen LogP contribution in [-0.4, -0.2) is 194 Å². The highest BCUT2D eigenvalue weighted by molar-refractivity contribution is 6.08. The molecule has 6 amide bonds. The third kappa shape index (κ3) is 16.4. The zero-order chi connectivity index (χ0) is 79.3. The van der Waals surface area contributed by atoms with Crippen molar-refractivity contribution in [3.05, 3.63) is 121 Å². The lowest BCUT2D eigenvalue weighted by Crippen LogP contribution is -2.51. The maximum atomic E-state index is 13.7. The number of ether oxygens (including phenoxy) is 4. The molecule has 10 aromatic rings. The van der Waals surface area contributed by atoms with E-state index < -0.39 is 42.1 Å². The fraction of sp³-hybridized carbons (Fsp3) is 0.463. The minimum atomic E-state index is -0.714. The molecule has 6 N–H and O–H groups in total. The van der Waals surface area contributed by atoms with Gasteiger partial charge in [0.25, 0.3) is 0 Å². The molecule has 30 nitrogen and oxygen atoms in total. The number of H-pyrrole nitrogens is 4. The van der Waals surface area contributed by atoms with Crippen LogP contribution in [-0.2, 0) is 47.7 Å². The van der Waals surface area contributed by atoms with Gasteiger partial charge in [-0.3, -0.25) is 48.7 Å². The van der Waals surface area contributed by atoms with Crippen molar-refractivity contribution in [3.8, 4) is 45.3 Å². The predicted molar refractivity (Wildman–Crippen MR) is 417 cm³/mol. The largest absolute Gasteiger partial charge is 0.469 e. The van der Waals surface area contributed by atoms with E-state index in [1.165, 1.54) is 28.4 Å². The molecule has 588 valence electrons. The molecule has 4 aliphatic rings. The number of benzene rings is 2. The molecule has 0 bridgehead atoms. The number of nitrogens with zero attached hydrogens (tertiary/aromatic N) is 12. The van der Waals surface area contributed by atoms with Crippen LogP contribution in [0, 0.1) is 35.5 Å². The molecule has 0 saturated carbocycles. The number of fused-ring (bicyclic) bond motifs is 6. The van der Waals surface area contributed by atoms with Crippen molar-refractivity contribution in [2.45, 2.75) is 156 Å². The number of aromatic nitrogens is 12. The van der Waals surface area contributed by atoms with Crippen molar-refractivity contribution in [1.29, 1.82) is 0 Å². The monoisotopic (exact) mass is 1530 g/mol. The van der Waals surface area contributed by atoms with E-state index in [0.717, 1.165) is 123 Å². The molecule has 12 heterocycles. The van der Waals surface area contributed by atoms with Crippen LogP contribution < -0.4 is 10.6 Å². The molecule has 0 aliphatic carbocycles. The van der Waals surface area contributed by atoms with Gasteiger partial charge in [-0.25, -0.2) is 29.5 Å². The van der Waals surface area contributed by atoms with Crippen LogP contribution >= 0.6 is 0 Å². The van der Waals surface area contributed by atoms with Crippen molar-refractivity contribution in [2.75, 3.05) is 54.6 Å². The highest BCUT2D eigenvalue weighted by Gasteiger charge is 2.42. The molecule has 4 saturated heterocycles. The summed E-state index contributed by atoms with van der Waals surface area (Å²) in [6, 6.07) is 14.0. The Bertz CT molecular complexity index is 4530. The number of imidazole rings is 4. The lowest BCUT2D eigenvalue weighted by Gasteiger charge is -2.30. The van der Waals surface area contributed by atoms with E-state index in [1.54, 1.807) is 47.0 Å². The number of rotatable bonds is 22. The van der Waals surface area contributed by atoms with Crippen LogP contribution in [0.25, 0.3) is 88.6 Å². The Kier molecular flexibility index (Phi) is 23.7. The number of carbonyl (C=O) groups excluding carboxylic acids is 8. The van der Waals surface area contributed by atoms with E-state index in [0.29, 0.717) is 66.4 Å². The normalized spacial score (nSPS) is 18.2. The number of pyridine rings is 4. The Labute approximate surface area is 648 Å². The molecule has 0 unspecified atom stereocenters. The third-order valence-corrected chi connectivity index (χ3v) is 22.4. The predicted octanol–water partition coefficient (Wildman–Crippen LogP) is 12.2. The van der Waals surface area contributed by atoms with E-state index in [9.17, 15) is 38.4 Å². The van der Waals surface area contributed by atoms with E-state index >= 15 is 0 Å². The second-order valence-corrected chi connectivity index (χ2v) is 30.8. The average Bonchev–Trinajstić information content (AvgIpc) is 1.07. The summed E-state index contributed by atoms with van der Waals surface area (Å²) < 4.78 is 19.3. The molecule has 4 fully saturated rings. The van der Waals surface area contributed by atoms with Gasteiger partial charge in [0.2, 0.25) is 23.6 Å². The highest BCUT2D eigenvalue weighted by Crippen LogP contribution is 2.41. The second-order valence-electron chi connectivity index (χ2n) is 30.8. The highest BCUT2D eigenvalue weighted by atomic mass is 16.5. The molecule has 4 aliphatic heterocycles. The summed E-state index contributed by atoms with van der Waals surface area (Å²) in [5.41, 5.74) is 7.92. The van der Waals surface area contributed by atoms with Crippen LogP contribution in [0.15, 0.2) is 98.1 Å². The molecule has 0 spiro atoms. The Hall–Kier alpha value is -11.7. The zero-order valence-corrected chi connectivity index (χ0v) is 65.3. The van der Waals surface area contributed by atoms with Gasteiger partial charge < -0.3 is 69.1 Å². The molecule has 2 aromatic carbocycles. The molecule has 8 atom stereocenters. The molecule has 0 radical (unpaired) electrons. The minimum absolute atomic E-state index is 0.00408. The molecular weight excluding hydrogens is 1430 g/mol. The summed E-state index contributed by atoms with van der Waals surface area (Å²) in [5.74, 6) is 0.417. The number of hydrogen-bond acceptors (Lipinski definition) is 20. The average molecular weight is 1530 g/mol. The zero-order valence-electron chi connectivity index (χ0n) is 65.3. The number of methoxy groups -OCH3 is 4. The summed E-state index contributed by atoms with van der Waals surface area (Å²) in [7, 11) is 5.26. The number of nitrogens with one attached hydrogen (secondary N) is 6. The Morgan fingerprint density at radius 3 is 1.16 bits per heavy atom. The summed E-state index contributed by atoms with van der Waals surface area (Å²) in [5, 5.41) is 11.0. The number of amides is 6. The van der Waals surface area contributed by atoms with Gasteiger partial charge >= 0.3 is 24.1 Å². The van der Waals surface area contributed by atoms with Crippen molar-refractivity contribution in [3.63, 3.8) is 0 Å². The fourth-order valence-electron chi connectivity index (χ4n) is 16.0. The van der Waals surface area contributed by atoms with E-state index in [1.807, 2.05) is 95.8 Å². The lowest BCUT2D eigenvalue weighted by atomic mass is 9.91. The van der Waals surface area contributed by atoms with Crippen molar-refractivity contribution < 1.29 is 57.3 Å². The standard InChI is InChI=1S/C42H50N8O6.C40H48N10O6/c1-23(2)30(19-36(51)55-5)40(52)49-15-7-9-34(49)38-45-22-33(47-38)26-12-14-29-28-13-11-25(17-27(28)20-43-31(29)18-26)32-21-44-39(46-32)35-10-8-16-50(35)41(53)37(24(3)4)48-42(54)56-6;1-21(2)24(14-34(51)55-5)38(52)49-11-7-9-32(49)36-45-20-31(47-36)29-15-27-26(18-43-29)25-17-42-28(13-23(25)16-41-27)30-19-44-37(46-30)33-10-8-12-50(33)39(53)35(22(3)4)48-40(54)56-6/h11-14,17-18,20-24,30,34-35,37H,7-10,15-16,19H2,1-6H3,(H,44,46)(H,45,47)(H,48,54);13,15-22,24,32-33,35H,7-12,14H2,1-6H3,(H,44,46)(H,45,47)(H,48,54)/t30-,34-,35-,37-;24-,32-,33-,35-/m00/s1. The maximum Gasteiger partial charge on any atom is 0.407 e. The first kappa shape index (κ1) is 78.4. The number of hydrogen-bond donors (Lipinski definition) is 6. The SMILES string of the molecule is COC(=O)C[C@H](C(=O)N1CCC[C@H]1c1ncc(-c2cc3ncc4cc(-c5cnc([C@@H]6CCCN6C(=O)[C@@H](NC(=O)OC)C(C)C)[nH]5)ncc4c3cn2)[nH]1)C(C)C.COC(=O)C[C@H](C(=O)N1CCC[C@H]1c1ncc(-c2ccc3c(c2)ncc2cc(-c4cnc([C@@H]5CCCN5C(=O)[C@@H](NC(=O)OC)C(C)C)[nH]4)ccc23)[nH]1)C(C)C. The first-order valence-corrected chi connectivity index (χ1v) is 38.6. The maximum absolute atomic E-state index is 13.7. The number of carbonyl (C=O) groups is 8. The van der Waals surface area contributed by atoms with Gasteiger partial charge in [-0.15, -0.1) is 0 Å². The summed E-state index contributed by atoms with van der Waals surface area (Å²) in [6.07, 6.45) is 19.6. The van der Waals surface area contributed by atoms with Crippen LogP contribution in [0.3, 0.4) is 0 Å². The van der Waals surface area contributed by atoms with Gasteiger partial charge in [-0.1, -0.05) is 79.7 Å². The number of alkyl carbamates (subject to hydrolysis) is 2. The first-order chi connectivity index (χ1) is 53.9. The Balaban J connectivity index is 0.000000196. The van der Waals surface area contributed by atoms with E-state index in [2.05, 4.69) is 70.9 Å². The molecule has 30 heteroatoms. The van der Waals surface area contributed by atoms with Gasteiger partial charge in [0, 0.05) is 89.0 Å². The number of aromatic amines is 4. The summed E-state index contributed by atoms with van der Waals surface area (Å²) in [4.78, 5) is 161. The van der Waals surface area contributed by atoms with Gasteiger partial charge in [-0.05, 0) is 105 Å². The van der Waals surface area contributed by atoms with Crippen LogP contribution in [0.1, 0.15) is 167 Å². The van der Waals surface area contributed by atoms with Gasteiger partial charge in [0.15, 0.2) is 0 Å². The Morgan fingerprint density at radius 2 is 0.750 bits per heavy atom. The molecular formula is C82H98N18O12. The summed E-state index contributed by atoms with van der Waals surface area (Å²) >= 11 is 0. The minimum Gasteiger partial charge on any atom is -0.469 e. The van der Waals surface area contributed by atoms with Crippen molar-refractivity contribution in [1.82, 2.24) is 90.0 Å². The molecule has 14 rings (SSSR count). The van der Waals surface area contributed by atoms with Crippen LogP contribution in [0.4, 0.5) is 9.59 Å². The fourth-order valence-corrected chi connectivity index (χ4v) is 16.0. The number of esters is 2. The van der Waals surface area contributed by atoms with Crippen molar-refractivity contribution >= 4 is 91.1 Å². The van der Waals surface area contributed by atoms with Crippen molar-refractivity contribution in [2.24, 2.45) is 35.5 Å². The third-order valence-electron chi connectivity index (χ3n) is 22.4. The van der Waals surface area contributed by atoms with E-state index in [-0.39, 0.29) is 90.3 Å². The lowest BCUT2D eigenvalue weighted by molar-refractivity contribution is -0.148. The molecule has 112 heavy (non-hydrogen) atoms. The smallest absolute Gasteiger partial charge is 0.407 e. The number of likely N-dealkylation sites (tertiary alicyclic amines) is 4. The second kappa shape index (κ2) is 33.9. The molecule has 8 aromatic heterocycles. The summed E-state index contributed by atoms with van der Waals surface area (Å²) in [6.45, 7) is 17.8. The van der Waals surface area contributed by atoms with Crippen LogP contribution in [0.5, 0.6) is 0 Å². The van der Waals surface area contributed by atoms with Crippen LogP contribution in [0.2, 0.25) is 0 Å². The Morgan fingerprint density at radius 1 is 0.384 bits per heavy atom. The van der Waals surface area contributed by atoms with E-state index in [4.69, 9.17) is 48.9 Å². The topological polar surface area (TPSA) is 377 Å². The quantitative estimate of drug-likeness (QED) is 0.0208. The van der Waals surface area contributed by atoms with Gasteiger partial charge in [-0.2, -0.15) is 0 Å².